The summed E-state index contributed by atoms with van der Waals surface area (Å²) in [6.07, 6.45) is 7.15. The molecule has 0 spiro atoms. The molecule has 2 heterocycles. The molecule has 3 rings (SSSR count). The maximum absolute atomic E-state index is 12.2. The van der Waals surface area contributed by atoms with Crippen LogP contribution < -0.4 is 5.32 Å². The summed E-state index contributed by atoms with van der Waals surface area (Å²) >= 11 is 0. The van der Waals surface area contributed by atoms with Gasteiger partial charge in [-0.1, -0.05) is 19.8 Å². The lowest BCUT2D eigenvalue weighted by molar-refractivity contribution is -0.129. The lowest BCUT2D eigenvalue weighted by Gasteiger charge is -2.23. The van der Waals surface area contributed by atoms with E-state index in [9.17, 15) is 9.59 Å². The third-order valence-corrected chi connectivity index (χ3v) is 4.43. The summed E-state index contributed by atoms with van der Waals surface area (Å²) in [7, 11) is 0. The van der Waals surface area contributed by atoms with Crippen LogP contribution in [0.1, 0.15) is 44.8 Å². The van der Waals surface area contributed by atoms with Crippen molar-refractivity contribution in [2.45, 2.75) is 51.5 Å². The Bertz CT molecular complexity index is 534. The van der Waals surface area contributed by atoms with Gasteiger partial charge in [0.2, 0.25) is 11.8 Å². The van der Waals surface area contributed by atoms with Gasteiger partial charge in [-0.25, -0.2) is 4.98 Å². The Hall–Kier alpha value is -1.85. The van der Waals surface area contributed by atoms with Crippen LogP contribution in [0.25, 0.3) is 0 Å². The highest BCUT2D eigenvalue weighted by molar-refractivity contribution is 5.96. The van der Waals surface area contributed by atoms with Gasteiger partial charge in [-0.2, -0.15) is 0 Å². The van der Waals surface area contributed by atoms with Gasteiger partial charge in [0.25, 0.3) is 0 Å². The molecule has 2 aliphatic rings. The van der Waals surface area contributed by atoms with Crippen LogP contribution >= 0.6 is 0 Å². The second-order valence-corrected chi connectivity index (χ2v) is 5.86. The van der Waals surface area contributed by atoms with E-state index in [1.54, 1.807) is 6.20 Å². The molecule has 1 aliphatic carbocycles. The van der Waals surface area contributed by atoms with Crippen molar-refractivity contribution < 1.29 is 14.0 Å². The van der Waals surface area contributed by atoms with Crippen molar-refractivity contribution in [3.8, 4) is 0 Å². The summed E-state index contributed by atoms with van der Waals surface area (Å²) in [4.78, 5) is 30.2. The van der Waals surface area contributed by atoms with Crippen LogP contribution in [0.4, 0.5) is 6.01 Å². The number of aromatic nitrogens is 1. The highest BCUT2D eigenvalue weighted by atomic mass is 16.4. The van der Waals surface area contributed by atoms with E-state index in [0.717, 1.165) is 25.0 Å². The van der Waals surface area contributed by atoms with Gasteiger partial charge in [0.15, 0.2) is 0 Å². The second-order valence-electron chi connectivity index (χ2n) is 5.86. The molecule has 1 unspecified atom stereocenters. The molecular formula is C15H21N3O3. The highest BCUT2D eigenvalue weighted by Gasteiger charge is 2.38. The van der Waals surface area contributed by atoms with Gasteiger partial charge >= 0.3 is 6.01 Å². The molecule has 1 N–H and O–H groups in total. The molecule has 1 saturated heterocycles. The van der Waals surface area contributed by atoms with Crippen molar-refractivity contribution in [2.75, 3.05) is 11.9 Å². The molecule has 1 aromatic heterocycles. The summed E-state index contributed by atoms with van der Waals surface area (Å²) < 4.78 is 5.37. The van der Waals surface area contributed by atoms with Gasteiger partial charge in [-0.3, -0.25) is 14.9 Å². The number of amides is 2. The van der Waals surface area contributed by atoms with E-state index >= 15 is 0 Å². The summed E-state index contributed by atoms with van der Waals surface area (Å²) in [5.41, 5.74) is 0. The molecule has 1 aromatic rings. The van der Waals surface area contributed by atoms with Crippen molar-refractivity contribution in [3.63, 3.8) is 0 Å². The predicted octanol–water partition coefficient (Wildman–Crippen LogP) is 1.97. The van der Waals surface area contributed by atoms with E-state index in [1.807, 2.05) is 11.8 Å². The topological polar surface area (TPSA) is 75.4 Å². The highest BCUT2D eigenvalue weighted by Crippen LogP contribution is 2.29. The maximum Gasteiger partial charge on any atom is 0.301 e. The number of anilines is 1. The molecule has 1 aliphatic heterocycles. The van der Waals surface area contributed by atoms with E-state index in [0.29, 0.717) is 19.0 Å². The molecule has 2 fully saturated rings. The van der Waals surface area contributed by atoms with Crippen molar-refractivity contribution in [2.24, 2.45) is 5.92 Å². The van der Waals surface area contributed by atoms with Crippen molar-refractivity contribution in [1.82, 2.24) is 9.88 Å². The maximum atomic E-state index is 12.2. The number of nitrogens with zero attached hydrogens (tertiary/aromatic N) is 2. The Balaban J connectivity index is 1.59. The largest absolute Gasteiger partial charge is 0.429 e. The fraction of sp³-hybridized carbons (Fsp3) is 0.667. The second kappa shape index (κ2) is 5.87. The smallest absolute Gasteiger partial charge is 0.301 e. The van der Waals surface area contributed by atoms with Crippen LogP contribution in [0.5, 0.6) is 0 Å². The average molecular weight is 291 g/mol. The molecule has 0 radical (unpaired) electrons. The molecular weight excluding hydrogens is 270 g/mol. The Labute approximate surface area is 123 Å². The zero-order valence-corrected chi connectivity index (χ0v) is 12.3. The summed E-state index contributed by atoms with van der Waals surface area (Å²) in [5.74, 6) is 0.368. The van der Waals surface area contributed by atoms with Crippen LogP contribution in [0.3, 0.4) is 0 Å². The normalized spacial score (nSPS) is 23.0. The number of carbonyl (C=O) groups is 2. The van der Waals surface area contributed by atoms with Crippen molar-refractivity contribution >= 4 is 17.8 Å². The molecule has 0 aromatic carbocycles. The van der Waals surface area contributed by atoms with Gasteiger partial charge in [0.05, 0.1) is 12.1 Å². The van der Waals surface area contributed by atoms with Gasteiger partial charge in [-0.05, 0) is 12.8 Å². The SMILES string of the molecule is CCc1cnc(NC(=O)C2CC(=O)N(C3CCCC3)C2)o1. The van der Waals surface area contributed by atoms with Crippen LogP contribution in [-0.4, -0.2) is 34.3 Å². The quantitative estimate of drug-likeness (QED) is 0.920. The Morgan fingerprint density at radius 2 is 2.24 bits per heavy atom. The number of nitrogens with one attached hydrogen (secondary N) is 1. The van der Waals surface area contributed by atoms with Crippen LogP contribution in [0, 0.1) is 5.92 Å². The molecule has 0 bridgehead atoms. The standard InChI is InChI=1S/C15H21N3O3/c1-2-12-8-16-15(21-12)17-14(20)10-7-13(19)18(9-10)11-5-3-4-6-11/h8,10-11H,2-7,9H2,1H3,(H,16,17,20). The van der Waals surface area contributed by atoms with E-state index in [4.69, 9.17) is 4.42 Å². The summed E-state index contributed by atoms with van der Waals surface area (Å²) in [5, 5.41) is 2.67. The van der Waals surface area contributed by atoms with Gasteiger partial charge in [0, 0.05) is 25.4 Å². The number of carbonyl (C=O) groups excluding carboxylic acids is 2. The number of aryl methyl sites for hydroxylation is 1. The molecule has 114 valence electrons. The first-order valence-corrected chi connectivity index (χ1v) is 7.72. The number of hydrogen-bond acceptors (Lipinski definition) is 4. The fourth-order valence-corrected chi connectivity index (χ4v) is 3.21. The molecule has 2 amide bonds. The first kappa shape index (κ1) is 14.1. The van der Waals surface area contributed by atoms with Crippen LogP contribution in [-0.2, 0) is 16.0 Å². The number of rotatable bonds is 4. The van der Waals surface area contributed by atoms with Crippen molar-refractivity contribution in [3.05, 3.63) is 12.0 Å². The molecule has 6 heteroatoms. The van der Waals surface area contributed by atoms with Crippen molar-refractivity contribution in [1.29, 1.82) is 0 Å². The Morgan fingerprint density at radius 1 is 1.48 bits per heavy atom. The van der Waals surface area contributed by atoms with Gasteiger partial charge in [0.1, 0.15) is 5.76 Å². The Kier molecular flexibility index (Phi) is 3.94. The molecule has 6 nitrogen and oxygen atoms in total. The first-order chi connectivity index (χ1) is 10.2. The van der Waals surface area contributed by atoms with E-state index in [-0.39, 0.29) is 23.7 Å². The van der Waals surface area contributed by atoms with E-state index < -0.39 is 0 Å². The Morgan fingerprint density at radius 3 is 2.90 bits per heavy atom. The molecule has 21 heavy (non-hydrogen) atoms. The van der Waals surface area contributed by atoms with Crippen LogP contribution in [0.2, 0.25) is 0 Å². The van der Waals surface area contributed by atoms with E-state index in [1.165, 1.54) is 12.8 Å². The van der Waals surface area contributed by atoms with Gasteiger partial charge in [-0.15, -0.1) is 0 Å². The zero-order valence-electron chi connectivity index (χ0n) is 12.3. The zero-order chi connectivity index (χ0) is 14.8. The minimum Gasteiger partial charge on any atom is -0.429 e. The van der Waals surface area contributed by atoms with Crippen LogP contribution in [0.15, 0.2) is 10.6 Å². The summed E-state index contributed by atoms with van der Waals surface area (Å²) in [6.45, 7) is 2.48. The lowest BCUT2D eigenvalue weighted by atomic mass is 10.1. The lowest BCUT2D eigenvalue weighted by Crippen LogP contribution is -2.35. The molecule has 1 saturated carbocycles. The first-order valence-electron chi connectivity index (χ1n) is 7.72. The average Bonchev–Trinajstić information content (AvgIpc) is 3.17. The number of oxazole rings is 1. The van der Waals surface area contributed by atoms with Gasteiger partial charge < -0.3 is 9.32 Å². The van der Waals surface area contributed by atoms with E-state index in [2.05, 4.69) is 10.3 Å². The number of hydrogen-bond donors (Lipinski definition) is 1. The minimum atomic E-state index is -0.296. The predicted molar refractivity (Wildman–Crippen MR) is 76.6 cm³/mol. The minimum absolute atomic E-state index is 0.101. The monoisotopic (exact) mass is 291 g/mol. The molecule has 1 atom stereocenters. The fourth-order valence-electron chi connectivity index (χ4n) is 3.21. The third kappa shape index (κ3) is 2.94. The number of likely N-dealkylation sites (tertiary alicyclic amines) is 1. The third-order valence-electron chi connectivity index (χ3n) is 4.43. The summed E-state index contributed by atoms with van der Waals surface area (Å²) in [6, 6.07) is 0.562.